The number of nitrogens with zero attached hydrogens (tertiary/aromatic N) is 4. The van der Waals surface area contributed by atoms with Gasteiger partial charge in [0.15, 0.2) is 5.82 Å². The summed E-state index contributed by atoms with van der Waals surface area (Å²) >= 11 is 0. The third kappa shape index (κ3) is 4.50. The molecule has 2 aromatic heterocycles. The predicted molar refractivity (Wildman–Crippen MR) is 101 cm³/mol. The molecule has 1 fully saturated rings. The van der Waals surface area contributed by atoms with E-state index in [0.29, 0.717) is 41.7 Å². The standard InChI is InChI=1S/C18H26N6O2/c1-18(2,3)26-17(25)24-8-4-5-12(11-24)10-22-16-15-13(9-14(19)23-16)20-6-7-21-15/h6-7,9,12H,4-5,8,10-11H2,1-3H3,(H3,19,22,23)/t12-/m1/s1. The first-order valence-corrected chi connectivity index (χ1v) is 8.91. The van der Waals surface area contributed by atoms with Gasteiger partial charge in [-0.2, -0.15) is 0 Å². The van der Waals surface area contributed by atoms with Crippen molar-refractivity contribution in [2.45, 2.75) is 39.2 Å². The number of ether oxygens (including phenoxy) is 1. The molecule has 140 valence electrons. The summed E-state index contributed by atoms with van der Waals surface area (Å²) in [5.41, 5.74) is 6.79. The van der Waals surface area contributed by atoms with Crippen molar-refractivity contribution in [3.63, 3.8) is 0 Å². The van der Waals surface area contributed by atoms with Crippen LogP contribution in [0.25, 0.3) is 11.0 Å². The Morgan fingerprint density at radius 3 is 2.92 bits per heavy atom. The van der Waals surface area contributed by atoms with Crippen LogP contribution in [0.2, 0.25) is 0 Å². The number of likely N-dealkylation sites (tertiary alicyclic amines) is 1. The number of amides is 1. The van der Waals surface area contributed by atoms with Gasteiger partial charge in [-0.3, -0.25) is 4.98 Å². The number of carbonyl (C=O) groups is 1. The fourth-order valence-electron chi connectivity index (χ4n) is 3.08. The highest BCUT2D eigenvalue weighted by Gasteiger charge is 2.27. The van der Waals surface area contributed by atoms with E-state index in [1.807, 2.05) is 20.8 Å². The number of nitrogen functional groups attached to an aromatic ring is 1. The average Bonchev–Trinajstić information content (AvgIpc) is 2.58. The first-order valence-electron chi connectivity index (χ1n) is 8.91. The Balaban J connectivity index is 1.64. The SMILES string of the molecule is CC(C)(C)OC(=O)N1CCC[C@H](CNc2nc(N)cc3nccnc23)C1. The summed E-state index contributed by atoms with van der Waals surface area (Å²) in [7, 11) is 0. The van der Waals surface area contributed by atoms with Crippen LogP contribution in [-0.4, -0.2) is 51.2 Å². The number of anilines is 2. The van der Waals surface area contributed by atoms with Crippen LogP contribution in [0.1, 0.15) is 33.6 Å². The monoisotopic (exact) mass is 358 g/mol. The summed E-state index contributed by atoms with van der Waals surface area (Å²) in [5.74, 6) is 1.34. The van der Waals surface area contributed by atoms with Gasteiger partial charge in [0.05, 0.1) is 5.52 Å². The smallest absolute Gasteiger partial charge is 0.410 e. The van der Waals surface area contributed by atoms with Crippen molar-refractivity contribution in [2.24, 2.45) is 5.92 Å². The number of pyridine rings is 1. The maximum Gasteiger partial charge on any atom is 0.410 e. The third-order valence-corrected chi connectivity index (χ3v) is 4.21. The molecular formula is C18H26N6O2. The van der Waals surface area contributed by atoms with E-state index in [0.717, 1.165) is 19.4 Å². The molecule has 1 amide bonds. The second-order valence-electron chi connectivity index (χ2n) is 7.64. The highest BCUT2D eigenvalue weighted by molar-refractivity contribution is 5.86. The molecule has 1 atom stereocenters. The molecule has 1 aliphatic rings. The van der Waals surface area contributed by atoms with Crippen molar-refractivity contribution in [3.05, 3.63) is 18.5 Å². The number of rotatable bonds is 3. The largest absolute Gasteiger partial charge is 0.444 e. The molecule has 3 rings (SSSR count). The van der Waals surface area contributed by atoms with Crippen molar-refractivity contribution in [2.75, 3.05) is 30.7 Å². The number of hydrogen-bond acceptors (Lipinski definition) is 7. The van der Waals surface area contributed by atoms with Gasteiger partial charge in [-0.05, 0) is 39.5 Å². The number of aromatic nitrogens is 3. The summed E-state index contributed by atoms with van der Waals surface area (Å²) in [6.45, 7) is 7.72. The van der Waals surface area contributed by atoms with E-state index in [2.05, 4.69) is 20.3 Å². The van der Waals surface area contributed by atoms with Crippen LogP contribution in [0.4, 0.5) is 16.4 Å². The molecule has 0 saturated carbocycles. The Labute approximate surface area is 153 Å². The molecule has 8 nitrogen and oxygen atoms in total. The van der Waals surface area contributed by atoms with Crippen LogP contribution in [0.3, 0.4) is 0 Å². The highest BCUT2D eigenvalue weighted by atomic mass is 16.6. The molecule has 0 radical (unpaired) electrons. The Hall–Kier alpha value is -2.64. The van der Waals surface area contributed by atoms with E-state index in [9.17, 15) is 4.79 Å². The molecule has 3 heterocycles. The van der Waals surface area contributed by atoms with Crippen LogP contribution in [0.5, 0.6) is 0 Å². The van der Waals surface area contributed by atoms with E-state index in [-0.39, 0.29) is 6.09 Å². The molecule has 8 heteroatoms. The molecule has 1 saturated heterocycles. The Bertz CT molecular complexity index is 789. The maximum absolute atomic E-state index is 12.3. The van der Waals surface area contributed by atoms with Gasteiger partial charge in [-0.15, -0.1) is 0 Å². The molecule has 0 aliphatic carbocycles. The van der Waals surface area contributed by atoms with Crippen molar-refractivity contribution in [1.29, 1.82) is 0 Å². The van der Waals surface area contributed by atoms with Gasteiger partial charge in [-0.1, -0.05) is 0 Å². The van der Waals surface area contributed by atoms with Crippen molar-refractivity contribution in [3.8, 4) is 0 Å². The summed E-state index contributed by atoms with van der Waals surface area (Å²) in [5, 5.41) is 3.33. The quantitative estimate of drug-likeness (QED) is 0.868. The van der Waals surface area contributed by atoms with Gasteiger partial charge in [0, 0.05) is 38.1 Å². The lowest BCUT2D eigenvalue weighted by Gasteiger charge is -2.34. The number of nitrogens with two attached hydrogens (primary N) is 1. The minimum atomic E-state index is -0.481. The molecule has 26 heavy (non-hydrogen) atoms. The zero-order valence-corrected chi connectivity index (χ0v) is 15.5. The zero-order valence-electron chi connectivity index (χ0n) is 15.5. The van der Waals surface area contributed by atoms with E-state index in [1.54, 1.807) is 23.4 Å². The number of piperidine rings is 1. The second kappa shape index (κ2) is 7.31. The minimum Gasteiger partial charge on any atom is -0.444 e. The number of hydrogen-bond donors (Lipinski definition) is 2. The summed E-state index contributed by atoms with van der Waals surface area (Å²) in [6, 6.07) is 1.71. The first-order chi connectivity index (χ1) is 12.3. The molecule has 0 spiro atoms. The van der Waals surface area contributed by atoms with Gasteiger partial charge in [0.1, 0.15) is 16.9 Å². The van der Waals surface area contributed by atoms with Crippen LogP contribution in [0, 0.1) is 5.92 Å². The number of carbonyl (C=O) groups excluding carboxylic acids is 1. The normalized spacial score (nSPS) is 18.0. The number of nitrogens with one attached hydrogen (secondary N) is 1. The second-order valence-corrected chi connectivity index (χ2v) is 7.64. The minimum absolute atomic E-state index is 0.249. The topological polar surface area (TPSA) is 106 Å². The lowest BCUT2D eigenvalue weighted by atomic mass is 9.98. The van der Waals surface area contributed by atoms with Crippen molar-refractivity contribution < 1.29 is 9.53 Å². The zero-order chi connectivity index (χ0) is 18.7. The Morgan fingerprint density at radius 2 is 2.15 bits per heavy atom. The van der Waals surface area contributed by atoms with E-state index in [4.69, 9.17) is 10.5 Å². The molecule has 0 unspecified atom stereocenters. The highest BCUT2D eigenvalue weighted by Crippen LogP contribution is 2.23. The van der Waals surface area contributed by atoms with Gasteiger partial charge in [-0.25, -0.2) is 14.8 Å². The molecule has 2 aromatic rings. The van der Waals surface area contributed by atoms with Crippen LogP contribution >= 0.6 is 0 Å². The van der Waals surface area contributed by atoms with Crippen LogP contribution < -0.4 is 11.1 Å². The Kier molecular flexibility index (Phi) is 5.11. The summed E-state index contributed by atoms with van der Waals surface area (Å²) in [6.07, 6.45) is 5.01. The molecule has 0 bridgehead atoms. The Morgan fingerprint density at radius 1 is 1.38 bits per heavy atom. The van der Waals surface area contributed by atoms with Gasteiger partial charge >= 0.3 is 6.09 Å². The first kappa shape index (κ1) is 18.2. The summed E-state index contributed by atoms with van der Waals surface area (Å²) in [4.78, 5) is 27.0. The number of fused-ring (bicyclic) bond motifs is 1. The summed E-state index contributed by atoms with van der Waals surface area (Å²) < 4.78 is 5.48. The van der Waals surface area contributed by atoms with Gasteiger partial charge < -0.3 is 20.7 Å². The molecule has 3 N–H and O–H groups in total. The van der Waals surface area contributed by atoms with Crippen LogP contribution in [-0.2, 0) is 4.74 Å². The fraction of sp³-hybridized carbons (Fsp3) is 0.556. The van der Waals surface area contributed by atoms with E-state index in [1.165, 1.54) is 0 Å². The van der Waals surface area contributed by atoms with Gasteiger partial charge in [0.2, 0.25) is 0 Å². The van der Waals surface area contributed by atoms with Crippen molar-refractivity contribution in [1.82, 2.24) is 19.9 Å². The lowest BCUT2D eigenvalue weighted by Crippen LogP contribution is -2.44. The van der Waals surface area contributed by atoms with Crippen LogP contribution in [0.15, 0.2) is 18.5 Å². The fourth-order valence-corrected chi connectivity index (χ4v) is 3.08. The predicted octanol–water partition coefficient (Wildman–Crippen LogP) is 2.67. The van der Waals surface area contributed by atoms with Crippen molar-refractivity contribution >= 4 is 28.8 Å². The molecule has 0 aromatic carbocycles. The molecular weight excluding hydrogens is 332 g/mol. The van der Waals surface area contributed by atoms with E-state index >= 15 is 0 Å². The van der Waals surface area contributed by atoms with E-state index < -0.39 is 5.60 Å². The lowest BCUT2D eigenvalue weighted by molar-refractivity contribution is 0.0172. The average molecular weight is 358 g/mol. The van der Waals surface area contributed by atoms with Gasteiger partial charge in [0.25, 0.3) is 0 Å². The molecule has 1 aliphatic heterocycles. The maximum atomic E-state index is 12.3. The third-order valence-electron chi connectivity index (χ3n) is 4.21.